The normalized spacial score (nSPS) is 16.8. The maximum Gasteiger partial charge on any atom is 0.276 e. The fourth-order valence-electron chi connectivity index (χ4n) is 3.67. The molecule has 7 heteroatoms. The molecule has 1 heterocycles. The van der Waals surface area contributed by atoms with E-state index in [9.17, 15) is 4.79 Å². The summed E-state index contributed by atoms with van der Waals surface area (Å²) < 4.78 is 6.56. The van der Waals surface area contributed by atoms with E-state index in [-0.39, 0.29) is 11.9 Å². The molecule has 0 saturated carbocycles. The molecular formula is C24H19BrCl2N2O2. The average Bonchev–Trinajstić information content (AvgIpc) is 3.20. The van der Waals surface area contributed by atoms with Gasteiger partial charge in [0.05, 0.1) is 11.8 Å². The van der Waals surface area contributed by atoms with Crippen LogP contribution in [0.3, 0.4) is 0 Å². The smallest absolute Gasteiger partial charge is 0.276 e. The van der Waals surface area contributed by atoms with Gasteiger partial charge in [0.1, 0.15) is 0 Å². The fourth-order valence-corrected chi connectivity index (χ4v) is 4.47. The quantitative estimate of drug-likeness (QED) is 0.372. The molecular weight excluding hydrogens is 499 g/mol. The third kappa shape index (κ3) is 4.70. The third-order valence-corrected chi connectivity index (χ3v) is 6.29. The first-order valence-electron chi connectivity index (χ1n) is 9.67. The highest BCUT2D eigenvalue weighted by Gasteiger charge is 2.38. The van der Waals surface area contributed by atoms with Crippen molar-refractivity contribution in [1.82, 2.24) is 5.01 Å². The lowest BCUT2D eigenvalue weighted by atomic mass is 9.98. The monoisotopic (exact) mass is 516 g/mol. The van der Waals surface area contributed by atoms with Gasteiger partial charge in [0, 0.05) is 28.0 Å². The van der Waals surface area contributed by atoms with Gasteiger partial charge in [0.15, 0.2) is 6.10 Å². The number of rotatable bonds is 5. The number of benzene rings is 3. The summed E-state index contributed by atoms with van der Waals surface area (Å²) in [4.78, 5) is 13.6. The van der Waals surface area contributed by atoms with Gasteiger partial charge < -0.3 is 4.74 Å². The number of hydrazone groups is 1. The molecule has 4 rings (SSSR count). The third-order valence-electron chi connectivity index (χ3n) is 5.20. The van der Waals surface area contributed by atoms with Crippen molar-refractivity contribution in [2.24, 2.45) is 5.10 Å². The van der Waals surface area contributed by atoms with Crippen LogP contribution >= 0.6 is 39.1 Å². The summed E-state index contributed by atoms with van der Waals surface area (Å²) in [6.07, 6.45) is -0.247. The number of halogens is 3. The molecule has 0 spiro atoms. The Morgan fingerprint density at radius 1 is 1.10 bits per heavy atom. The summed E-state index contributed by atoms with van der Waals surface area (Å²) >= 11 is 16.1. The molecule has 0 saturated heterocycles. The zero-order valence-electron chi connectivity index (χ0n) is 16.6. The van der Waals surface area contributed by atoms with Crippen LogP contribution in [-0.2, 0) is 9.53 Å². The van der Waals surface area contributed by atoms with Crippen LogP contribution in [0.15, 0.2) is 82.4 Å². The van der Waals surface area contributed by atoms with Crippen LogP contribution < -0.4 is 0 Å². The first-order valence-corrected chi connectivity index (χ1v) is 11.2. The van der Waals surface area contributed by atoms with E-state index in [1.165, 1.54) is 12.1 Å². The summed E-state index contributed by atoms with van der Waals surface area (Å²) in [6.45, 7) is 0. The van der Waals surface area contributed by atoms with Crippen LogP contribution in [0.25, 0.3) is 0 Å². The van der Waals surface area contributed by atoms with E-state index in [4.69, 9.17) is 33.0 Å². The number of carbonyl (C=O) groups excluding carboxylic acids is 1. The Balaban J connectivity index is 1.75. The van der Waals surface area contributed by atoms with E-state index in [2.05, 4.69) is 15.9 Å². The van der Waals surface area contributed by atoms with E-state index in [1.807, 2.05) is 60.7 Å². The van der Waals surface area contributed by atoms with E-state index >= 15 is 0 Å². The Morgan fingerprint density at radius 3 is 2.45 bits per heavy atom. The van der Waals surface area contributed by atoms with Crippen LogP contribution in [0.4, 0.5) is 0 Å². The van der Waals surface area contributed by atoms with Crippen molar-refractivity contribution in [1.29, 1.82) is 0 Å². The molecule has 0 bridgehead atoms. The molecule has 3 aromatic carbocycles. The molecule has 31 heavy (non-hydrogen) atoms. The van der Waals surface area contributed by atoms with Crippen LogP contribution in [-0.4, -0.2) is 23.7 Å². The molecule has 0 fully saturated rings. The van der Waals surface area contributed by atoms with Gasteiger partial charge in [0.25, 0.3) is 5.91 Å². The number of methoxy groups -OCH3 is 1. The molecule has 158 valence electrons. The van der Waals surface area contributed by atoms with E-state index in [0.29, 0.717) is 16.5 Å². The molecule has 1 aliphatic rings. The molecule has 0 radical (unpaired) electrons. The Morgan fingerprint density at radius 2 is 1.81 bits per heavy atom. The predicted octanol–water partition coefficient (Wildman–Crippen LogP) is 6.82. The maximum atomic E-state index is 13.6. The minimum Gasteiger partial charge on any atom is -0.367 e. The van der Waals surface area contributed by atoms with Gasteiger partial charge in [-0.1, -0.05) is 87.7 Å². The fraction of sp³-hybridized carbons (Fsp3) is 0.167. The minimum atomic E-state index is -0.775. The number of hydrogen-bond acceptors (Lipinski definition) is 3. The Labute approximate surface area is 199 Å². The molecule has 2 atom stereocenters. The Kier molecular flexibility index (Phi) is 6.77. The molecule has 1 aliphatic heterocycles. The predicted molar refractivity (Wildman–Crippen MR) is 128 cm³/mol. The molecule has 1 amide bonds. The van der Waals surface area contributed by atoms with Crippen molar-refractivity contribution in [3.63, 3.8) is 0 Å². The van der Waals surface area contributed by atoms with E-state index in [1.54, 1.807) is 12.1 Å². The van der Waals surface area contributed by atoms with Gasteiger partial charge in [-0.15, -0.1) is 0 Å². The largest absolute Gasteiger partial charge is 0.367 e. The lowest BCUT2D eigenvalue weighted by Crippen LogP contribution is -2.32. The van der Waals surface area contributed by atoms with Crippen LogP contribution in [0.2, 0.25) is 10.0 Å². The Hall–Kier alpha value is -2.18. The molecule has 0 N–H and O–H groups in total. The highest BCUT2D eigenvalue weighted by Crippen LogP contribution is 2.39. The maximum absolute atomic E-state index is 13.6. The van der Waals surface area contributed by atoms with Crippen LogP contribution in [0.1, 0.15) is 35.3 Å². The van der Waals surface area contributed by atoms with Crippen molar-refractivity contribution < 1.29 is 9.53 Å². The van der Waals surface area contributed by atoms with Crippen molar-refractivity contribution in [2.45, 2.75) is 18.6 Å². The number of hydrogen-bond donors (Lipinski definition) is 0. The SMILES string of the molecule is CO[C@@H](C(=O)N1N=C(c2ccc(Br)cc2)C[C@@H]1c1ccc(Cl)cc1Cl)c1ccccc1. The summed E-state index contributed by atoms with van der Waals surface area (Å²) in [5.74, 6) is -0.253. The van der Waals surface area contributed by atoms with Gasteiger partial charge >= 0.3 is 0 Å². The highest BCUT2D eigenvalue weighted by molar-refractivity contribution is 9.10. The number of carbonyl (C=O) groups is 1. The van der Waals surface area contributed by atoms with E-state index in [0.717, 1.165) is 26.9 Å². The second kappa shape index (κ2) is 9.53. The first kappa shape index (κ1) is 22.0. The van der Waals surface area contributed by atoms with Crippen molar-refractivity contribution in [3.05, 3.63) is 104 Å². The summed E-state index contributed by atoms with van der Waals surface area (Å²) in [7, 11) is 1.52. The zero-order valence-corrected chi connectivity index (χ0v) is 19.7. The molecule has 3 aromatic rings. The summed E-state index contributed by atoms with van der Waals surface area (Å²) in [5.41, 5.74) is 3.31. The van der Waals surface area contributed by atoms with Crippen LogP contribution in [0, 0.1) is 0 Å². The van der Waals surface area contributed by atoms with Gasteiger partial charge in [-0.2, -0.15) is 5.10 Å². The lowest BCUT2D eigenvalue weighted by molar-refractivity contribution is -0.144. The molecule has 0 aliphatic carbocycles. The lowest BCUT2D eigenvalue weighted by Gasteiger charge is -2.26. The topological polar surface area (TPSA) is 41.9 Å². The second-order valence-electron chi connectivity index (χ2n) is 7.15. The molecule has 0 aromatic heterocycles. The minimum absolute atomic E-state index is 0.253. The number of ether oxygens (including phenoxy) is 1. The second-order valence-corrected chi connectivity index (χ2v) is 8.91. The van der Waals surface area contributed by atoms with Crippen molar-refractivity contribution in [2.75, 3.05) is 7.11 Å². The number of nitrogens with zero attached hydrogens (tertiary/aromatic N) is 2. The van der Waals surface area contributed by atoms with E-state index < -0.39 is 6.10 Å². The van der Waals surface area contributed by atoms with Gasteiger partial charge in [-0.3, -0.25) is 4.79 Å². The van der Waals surface area contributed by atoms with Gasteiger partial charge in [0.2, 0.25) is 0 Å². The van der Waals surface area contributed by atoms with Crippen molar-refractivity contribution in [3.8, 4) is 0 Å². The van der Waals surface area contributed by atoms with Gasteiger partial charge in [-0.25, -0.2) is 5.01 Å². The number of amides is 1. The molecule has 0 unspecified atom stereocenters. The summed E-state index contributed by atoms with van der Waals surface area (Å²) in [5, 5.41) is 7.25. The highest BCUT2D eigenvalue weighted by atomic mass is 79.9. The zero-order chi connectivity index (χ0) is 22.0. The summed E-state index contributed by atoms with van der Waals surface area (Å²) in [6, 6.07) is 22.2. The van der Waals surface area contributed by atoms with Crippen LogP contribution in [0.5, 0.6) is 0 Å². The molecule has 4 nitrogen and oxygen atoms in total. The van der Waals surface area contributed by atoms with Crippen molar-refractivity contribution >= 4 is 50.8 Å². The van der Waals surface area contributed by atoms with Gasteiger partial charge in [-0.05, 0) is 41.0 Å². The standard InChI is InChI=1S/C24H19BrCl2N2O2/c1-31-23(16-5-3-2-4-6-16)24(30)29-22(19-12-11-18(26)13-20(19)27)14-21(28-29)15-7-9-17(25)10-8-15/h2-13,22-23H,14H2,1H3/t22-,23-/m1/s1. The first-order chi connectivity index (χ1) is 15.0. The average molecular weight is 518 g/mol. The Bertz CT molecular complexity index is 1120.